The number of rotatable bonds is 7. The van der Waals surface area contributed by atoms with Crippen molar-refractivity contribution in [3.8, 4) is 5.75 Å². The van der Waals surface area contributed by atoms with Gasteiger partial charge < -0.3 is 10.1 Å². The first-order valence-electron chi connectivity index (χ1n) is 7.89. The first-order chi connectivity index (χ1) is 13.2. The lowest BCUT2D eigenvalue weighted by Gasteiger charge is -2.14. The Morgan fingerprint density at radius 2 is 1.48 bits per heavy atom. The van der Waals surface area contributed by atoms with Gasteiger partial charge in [0.05, 0.1) is 29.3 Å². The predicted octanol–water partition coefficient (Wildman–Crippen LogP) is 3.55. The van der Waals surface area contributed by atoms with Crippen molar-refractivity contribution in [2.75, 3.05) is 23.9 Å². The summed E-state index contributed by atoms with van der Waals surface area (Å²) >= 11 is 0. The van der Waals surface area contributed by atoms with E-state index in [1.807, 2.05) is 0 Å². The molecule has 2 aromatic rings. The molecule has 0 saturated carbocycles. The average molecular weight is 443 g/mol. The highest BCUT2D eigenvalue weighted by Crippen LogP contribution is 2.36. The van der Waals surface area contributed by atoms with E-state index in [1.54, 1.807) is 0 Å². The van der Waals surface area contributed by atoms with E-state index in [0.29, 0.717) is 12.1 Å². The van der Waals surface area contributed by atoms with Gasteiger partial charge >= 0.3 is 12.4 Å². The van der Waals surface area contributed by atoms with Crippen LogP contribution in [-0.2, 0) is 28.7 Å². The monoisotopic (exact) mass is 443 g/mol. The first kappa shape index (κ1) is 22.7. The number of ether oxygens (including phenoxy) is 1. The van der Waals surface area contributed by atoms with Gasteiger partial charge in [0.2, 0.25) is 5.95 Å². The van der Waals surface area contributed by atoms with Crippen LogP contribution in [-0.4, -0.2) is 37.0 Å². The number of nitrogens with one attached hydrogen (secondary N) is 1. The minimum absolute atomic E-state index is 0.0443. The molecular formula is C16H15F6N3O3S. The van der Waals surface area contributed by atoms with Gasteiger partial charge in [0, 0.05) is 12.8 Å². The third-order valence-corrected chi connectivity index (χ3v) is 4.36. The largest absolute Gasteiger partial charge is 0.489 e. The van der Waals surface area contributed by atoms with Crippen LogP contribution in [0.4, 0.5) is 32.3 Å². The van der Waals surface area contributed by atoms with Crippen molar-refractivity contribution >= 4 is 15.8 Å². The molecule has 160 valence electrons. The molecule has 0 unspecified atom stereocenters. The van der Waals surface area contributed by atoms with Crippen molar-refractivity contribution < 1.29 is 39.5 Å². The SMILES string of the molecule is CS(=O)(=O)CCOc1cnc(NCc2cc(C(F)(F)F)cc(C(F)(F)F)c2)nc1. The van der Waals surface area contributed by atoms with Crippen molar-refractivity contribution in [2.45, 2.75) is 18.9 Å². The van der Waals surface area contributed by atoms with E-state index in [0.717, 1.165) is 6.26 Å². The van der Waals surface area contributed by atoms with Gasteiger partial charge in [-0.3, -0.25) is 0 Å². The van der Waals surface area contributed by atoms with Gasteiger partial charge in [-0.1, -0.05) is 0 Å². The number of anilines is 1. The van der Waals surface area contributed by atoms with Crippen LogP contribution in [0.5, 0.6) is 5.75 Å². The molecule has 2 rings (SSSR count). The van der Waals surface area contributed by atoms with Crippen LogP contribution in [0.25, 0.3) is 0 Å². The van der Waals surface area contributed by atoms with Crippen molar-refractivity contribution in [1.82, 2.24) is 9.97 Å². The molecule has 0 amide bonds. The molecule has 0 radical (unpaired) electrons. The summed E-state index contributed by atoms with van der Waals surface area (Å²) in [6.45, 7) is -0.513. The summed E-state index contributed by atoms with van der Waals surface area (Å²) < 4.78 is 104. The zero-order chi connectivity index (χ0) is 21.9. The summed E-state index contributed by atoms with van der Waals surface area (Å²) in [5, 5.41) is 2.52. The van der Waals surface area contributed by atoms with Crippen LogP contribution in [0.1, 0.15) is 16.7 Å². The highest BCUT2D eigenvalue weighted by molar-refractivity contribution is 7.90. The zero-order valence-electron chi connectivity index (χ0n) is 14.8. The average Bonchev–Trinajstić information content (AvgIpc) is 2.58. The molecule has 0 aliphatic heterocycles. The second-order valence-electron chi connectivity index (χ2n) is 5.99. The molecule has 1 N–H and O–H groups in total. The van der Waals surface area contributed by atoms with Crippen molar-refractivity contribution in [1.29, 1.82) is 0 Å². The number of nitrogens with zero attached hydrogens (tertiary/aromatic N) is 2. The Morgan fingerprint density at radius 1 is 0.966 bits per heavy atom. The van der Waals surface area contributed by atoms with E-state index in [9.17, 15) is 34.8 Å². The fourth-order valence-corrected chi connectivity index (χ4v) is 2.48. The van der Waals surface area contributed by atoms with Crippen LogP contribution in [0, 0.1) is 0 Å². The topological polar surface area (TPSA) is 81.2 Å². The second kappa shape index (κ2) is 8.43. The van der Waals surface area contributed by atoms with Crippen molar-refractivity contribution in [3.63, 3.8) is 0 Å². The predicted molar refractivity (Wildman–Crippen MR) is 91.0 cm³/mol. The fraction of sp³-hybridized carbons (Fsp3) is 0.375. The van der Waals surface area contributed by atoms with Gasteiger partial charge in [0.1, 0.15) is 6.61 Å². The molecule has 6 nitrogen and oxygen atoms in total. The minimum atomic E-state index is -4.93. The highest BCUT2D eigenvalue weighted by atomic mass is 32.2. The van der Waals surface area contributed by atoms with Gasteiger partial charge in [-0.15, -0.1) is 0 Å². The maximum atomic E-state index is 12.9. The molecule has 0 aliphatic carbocycles. The number of hydrogen-bond acceptors (Lipinski definition) is 6. The minimum Gasteiger partial charge on any atom is -0.489 e. The van der Waals surface area contributed by atoms with Gasteiger partial charge in [-0.05, 0) is 23.8 Å². The summed E-state index contributed by atoms with van der Waals surface area (Å²) in [7, 11) is -3.21. The molecular weight excluding hydrogens is 428 g/mol. The van der Waals surface area contributed by atoms with Gasteiger partial charge in [-0.25, -0.2) is 18.4 Å². The summed E-state index contributed by atoms with van der Waals surface area (Å²) in [6, 6.07) is 1.25. The Balaban J connectivity index is 2.07. The third kappa shape index (κ3) is 7.40. The van der Waals surface area contributed by atoms with Gasteiger partial charge in [0.25, 0.3) is 0 Å². The Kier molecular flexibility index (Phi) is 6.60. The number of halogens is 6. The van der Waals surface area contributed by atoms with Crippen LogP contribution in [0.3, 0.4) is 0 Å². The maximum absolute atomic E-state index is 12.9. The van der Waals surface area contributed by atoms with Crippen LogP contribution < -0.4 is 10.1 Å². The highest BCUT2D eigenvalue weighted by Gasteiger charge is 2.36. The van der Waals surface area contributed by atoms with E-state index in [1.165, 1.54) is 12.4 Å². The molecule has 0 saturated heterocycles. The number of benzene rings is 1. The van der Waals surface area contributed by atoms with Crippen LogP contribution in [0.2, 0.25) is 0 Å². The Labute approximate surface area is 161 Å². The lowest BCUT2D eigenvalue weighted by molar-refractivity contribution is -0.143. The van der Waals surface area contributed by atoms with E-state index in [2.05, 4.69) is 15.3 Å². The summed E-state index contributed by atoms with van der Waals surface area (Å²) in [5.41, 5.74) is -3.09. The quantitative estimate of drug-likeness (QED) is 0.660. The lowest BCUT2D eigenvalue weighted by Crippen LogP contribution is -2.13. The molecule has 0 fully saturated rings. The van der Waals surface area contributed by atoms with E-state index < -0.39 is 33.3 Å². The number of sulfone groups is 1. The standard InChI is InChI=1S/C16H15F6N3O3S/c1-29(26,27)3-2-28-13-8-24-14(25-9-13)23-7-10-4-11(15(17,18)19)6-12(5-10)16(20,21)22/h4-6,8-9H,2-3,7H2,1H3,(H,23,24,25). The summed E-state index contributed by atoms with van der Waals surface area (Å²) in [5.74, 6) is -0.131. The molecule has 0 atom stereocenters. The molecule has 1 heterocycles. The Bertz CT molecular complexity index is 912. The van der Waals surface area contributed by atoms with Crippen molar-refractivity contribution in [3.05, 3.63) is 47.3 Å². The lowest BCUT2D eigenvalue weighted by atomic mass is 10.0. The Hall–Kier alpha value is -2.57. The molecule has 1 aromatic heterocycles. The molecule has 0 aliphatic rings. The molecule has 1 aromatic carbocycles. The number of aromatic nitrogens is 2. The van der Waals surface area contributed by atoms with Crippen molar-refractivity contribution in [2.24, 2.45) is 0 Å². The summed E-state index contributed by atoms with van der Waals surface area (Å²) in [6.07, 6.45) is -6.46. The normalized spacial score (nSPS) is 12.7. The van der Waals surface area contributed by atoms with Gasteiger partial charge in [0.15, 0.2) is 15.6 Å². The molecule has 0 bridgehead atoms. The van der Waals surface area contributed by atoms with Gasteiger partial charge in [-0.2, -0.15) is 26.3 Å². The molecule has 13 heteroatoms. The first-order valence-corrected chi connectivity index (χ1v) is 9.95. The third-order valence-electron chi connectivity index (χ3n) is 3.45. The van der Waals surface area contributed by atoms with E-state index >= 15 is 0 Å². The Morgan fingerprint density at radius 3 is 1.93 bits per heavy atom. The fourth-order valence-electron chi connectivity index (χ4n) is 2.10. The molecule has 29 heavy (non-hydrogen) atoms. The van der Waals surface area contributed by atoms with E-state index in [-0.39, 0.29) is 42.2 Å². The number of alkyl halides is 6. The van der Waals surface area contributed by atoms with Crippen LogP contribution >= 0.6 is 0 Å². The molecule has 0 spiro atoms. The smallest absolute Gasteiger partial charge is 0.416 e. The van der Waals surface area contributed by atoms with E-state index in [4.69, 9.17) is 4.74 Å². The summed E-state index contributed by atoms with van der Waals surface area (Å²) in [4.78, 5) is 7.62. The van der Waals surface area contributed by atoms with Crippen LogP contribution in [0.15, 0.2) is 30.6 Å². The maximum Gasteiger partial charge on any atom is 0.416 e. The second-order valence-corrected chi connectivity index (χ2v) is 8.25. The number of hydrogen-bond donors (Lipinski definition) is 1. The zero-order valence-corrected chi connectivity index (χ0v) is 15.6.